The number of nitrogen functional groups attached to an aromatic ring is 1. The molecule has 4 rings (SSSR count). The maximum atomic E-state index is 13.4. The molecule has 0 aliphatic carbocycles. The van der Waals surface area contributed by atoms with Gasteiger partial charge in [0.25, 0.3) is 5.91 Å². The highest BCUT2D eigenvalue weighted by Gasteiger charge is 2.28. The molecule has 1 fully saturated rings. The molecule has 12 heteroatoms. The van der Waals surface area contributed by atoms with E-state index in [1.807, 2.05) is 13.0 Å². The lowest BCUT2D eigenvalue weighted by Crippen LogP contribution is -2.33. The van der Waals surface area contributed by atoms with Gasteiger partial charge >= 0.3 is 0 Å². The van der Waals surface area contributed by atoms with Gasteiger partial charge in [0.05, 0.1) is 28.6 Å². The standard InChI is InChI=1S/C24H28Cl2N8O2/c1-4-7-33-8-5-6-15(12-33)34-23-20(22(27)28-13-29-23)21(31-34)24(36)30-18-11-16(25)14(9-17(18)26)10-19(35)32(2)3/h4,7,9,11,13,15H,5-6,8,10,12H2,1-3H3,(H,30,36)(H2,27,28,29)/t15-/m1/s1. The van der Waals surface area contributed by atoms with Crippen molar-refractivity contribution in [3.8, 4) is 0 Å². The van der Waals surface area contributed by atoms with E-state index in [9.17, 15) is 9.59 Å². The molecule has 2 aromatic heterocycles. The molecule has 2 amide bonds. The first-order chi connectivity index (χ1) is 17.2. The number of benzene rings is 1. The predicted octanol–water partition coefficient (Wildman–Crippen LogP) is 3.77. The molecule has 3 aromatic rings. The zero-order chi connectivity index (χ0) is 26.0. The molecule has 1 saturated heterocycles. The lowest BCUT2D eigenvalue weighted by atomic mass is 10.1. The molecule has 1 aliphatic rings. The third-order valence-corrected chi connectivity index (χ3v) is 6.76. The van der Waals surface area contributed by atoms with Crippen molar-refractivity contribution in [2.24, 2.45) is 0 Å². The van der Waals surface area contributed by atoms with Gasteiger partial charge in [0.2, 0.25) is 5.91 Å². The van der Waals surface area contributed by atoms with Gasteiger partial charge in [-0.1, -0.05) is 29.3 Å². The van der Waals surface area contributed by atoms with Crippen LogP contribution in [0.25, 0.3) is 11.0 Å². The van der Waals surface area contributed by atoms with E-state index in [1.54, 1.807) is 24.8 Å². The monoisotopic (exact) mass is 530 g/mol. The van der Waals surface area contributed by atoms with Gasteiger partial charge < -0.3 is 20.9 Å². The van der Waals surface area contributed by atoms with Crippen molar-refractivity contribution in [1.29, 1.82) is 0 Å². The van der Waals surface area contributed by atoms with Gasteiger partial charge in [-0.3, -0.25) is 9.59 Å². The fraction of sp³-hybridized carbons (Fsp3) is 0.375. The molecule has 3 N–H and O–H groups in total. The van der Waals surface area contributed by atoms with Crippen LogP contribution in [0.1, 0.15) is 41.9 Å². The zero-order valence-electron chi connectivity index (χ0n) is 20.3. The molecular weight excluding hydrogens is 503 g/mol. The number of allylic oxidation sites excluding steroid dienone is 1. The van der Waals surface area contributed by atoms with E-state index in [-0.39, 0.29) is 34.9 Å². The highest BCUT2D eigenvalue weighted by Crippen LogP contribution is 2.32. The molecule has 3 heterocycles. The summed E-state index contributed by atoms with van der Waals surface area (Å²) >= 11 is 12.8. The Balaban J connectivity index is 1.66. The van der Waals surface area contributed by atoms with Crippen LogP contribution >= 0.6 is 23.2 Å². The van der Waals surface area contributed by atoms with Gasteiger partial charge in [-0.2, -0.15) is 5.10 Å². The lowest BCUT2D eigenvalue weighted by molar-refractivity contribution is -0.127. The maximum Gasteiger partial charge on any atom is 0.277 e. The van der Waals surface area contributed by atoms with Crippen LogP contribution in [0.4, 0.5) is 11.5 Å². The Morgan fingerprint density at radius 2 is 2.03 bits per heavy atom. The van der Waals surface area contributed by atoms with Crippen molar-refractivity contribution in [1.82, 2.24) is 29.5 Å². The zero-order valence-corrected chi connectivity index (χ0v) is 21.8. The lowest BCUT2D eigenvalue weighted by Gasteiger charge is -2.32. The summed E-state index contributed by atoms with van der Waals surface area (Å²) in [7, 11) is 3.33. The Morgan fingerprint density at radius 1 is 1.25 bits per heavy atom. The van der Waals surface area contributed by atoms with Crippen LogP contribution in [0.2, 0.25) is 10.0 Å². The molecule has 1 atom stereocenters. The molecule has 0 unspecified atom stereocenters. The number of likely N-dealkylation sites (N-methyl/N-ethyl adjacent to an activating group) is 1. The van der Waals surface area contributed by atoms with Crippen LogP contribution in [-0.2, 0) is 11.2 Å². The number of rotatable bonds is 6. The number of carbonyl (C=O) groups is 2. The minimum atomic E-state index is -0.517. The Hall–Kier alpha value is -3.37. The van der Waals surface area contributed by atoms with E-state index in [0.717, 1.165) is 25.9 Å². The summed E-state index contributed by atoms with van der Waals surface area (Å²) in [6.45, 7) is 3.67. The summed E-state index contributed by atoms with van der Waals surface area (Å²) in [5, 5.41) is 8.36. The number of halogens is 2. The number of hydrogen-bond acceptors (Lipinski definition) is 7. The largest absolute Gasteiger partial charge is 0.383 e. The Kier molecular flexibility index (Phi) is 7.65. The minimum absolute atomic E-state index is 0.0137. The molecule has 10 nitrogen and oxygen atoms in total. The number of amides is 2. The number of carbonyl (C=O) groups excluding carboxylic acids is 2. The third-order valence-electron chi connectivity index (χ3n) is 6.09. The maximum absolute atomic E-state index is 13.4. The van der Waals surface area contributed by atoms with Crippen molar-refractivity contribution in [2.75, 3.05) is 38.2 Å². The van der Waals surface area contributed by atoms with Crippen molar-refractivity contribution >= 4 is 57.6 Å². The van der Waals surface area contributed by atoms with Crippen LogP contribution in [0.5, 0.6) is 0 Å². The van der Waals surface area contributed by atoms with Gasteiger partial charge in [0.15, 0.2) is 11.3 Å². The molecule has 0 bridgehead atoms. The van der Waals surface area contributed by atoms with Gasteiger partial charge in [-0.05, 0) is 43.7 Å². The highest BCUT2D eigenvalue weighted by molar-refractivity contribution is 6.36. The van der Waals surface area contributed by atoms with Crippen LogP contribution < -0.4 is 11.1 Å². The average molecular weight is 531 g/mol. The molecule has 190 valence electrons. The number of nitrogens with one attached hydrogen (secondary N) is 1. The topological polar surface area (TPSA) is 122 Å². The van der Waals surface area contributed by atoms with Gasteiger partial charge in [0, 0.05) is 32.2 Å². The van der Waals surface area contributed by atoms with E-state index in [1.165, 1.54) is 17.3 Å². The smallest absolute Gasteiger partial charge is 0.277 e. The van der Waals surface area contributed by atoms with Crippen LogP contribution in [0, 0.1) is 0 Å². The van der Waals surface area contributed by atoms with Crippen molar-refractivity contribution in [3.05, 3.63) is 52.0 Å². The van der Waals surface area contributed by atoms with Gasteiger partial charge in [-0.25, -0.2) is 14.6 Å². The fourth-order valence-electron chi connectivity index (χ4n) is 4.26. The number of likely N-dealkylation sites (tertiary alicyclic amines) is 1. The second-order valence-corrected chi connectivity index (χ2v) is 9.68. The van der Waals surface area contributed by atoms with Crippen molar-refractivity contribution < 1.29 is 9.59 Å². The van der Waals surface area contributed by atoms with E-state index >= 15 is 0 Å². The molecule has 0 radical (unpaired) electrons. The summed E-state index contributed by atoms with van der Waals surface area (Å²) < 4.78 is 1.77. The molecule has 1 aliphatic heterocycles. The average Bonchev–Trinajstić information content (AvgIpc) is 3.24. The number of piperidine rings is 1. The normalized spacial score (nSPS) is 16.0. The summed E-state index contributed by atoms with van der Waals surface area (Å²) in [6.07, 6.45) is 7.39. The number of hydrogen-bond donors (Lipinski definition) is 2. The molecule has 0 saturated carbocycles. The number of fused-ring (bicyclic) bond motifs is 1. The number of anilines is 2. The van der Waals surface area contributed by atoms with Crippen molar-refractivity contribution in [2.45, 2.75) is 32.2 Å². The Morgan fingerprint density at radius 3 is 2.75 bits per heavy atom. The molecular formula is C24H28Cl2N8O2. The third kappa shape index (κ3) is 5.24. The van der Waals surface area contributed by atoms with E-state index in [2.05, 4.69) is 31.5 Å². The molecule has 0 spiro atoms. The van der Waals surface area contributed by atoms with Crippen LogP contribution in [-0.4, -0.2) is 68.5 Å². The molecule has 36 heavy (non-hydrogen) atoms. The summed E-state index contributed by atoms with van der Waals surface area (Å²) in [4.78, 5) is 37.6. The fourth-order valence-corrected chi connectivity index (χ4v) is 4.72. The quantitative estimate of drug-likeness (QED) is 0.497. The first-order valence-electron chi connectivity index (χ1n) is 11.5. The van der Waals surface area contributed by atoms with Crippen LogP contribution in [0.3, 0.4) is 0 Å². The predicted molar refractivity (Wildman–Crippen MR) is 141 cm³/mol. The summed E-state index contributed by atoms with van der Waals surface area (Å²) in [5.74, 6) is -0.469. The summed E-state index contributed by atoms with van der Waals surface area (Å²) in [5.41, 5.74) is 7.62. The number of nitrogens with two attached hydrogens (primary N) is 1. The Labute approximate surface area is 219 Å². The van der Waals surface area contributed by atoms with Gasteiger partial charge in [0.1, 0.15) is 12.1 Å². The highest BCUT2D eigenvalue weighted by atomic mass is 35.5. The van der Waals surface area contributed by atoms with Gasteiger partial charge in [-0.15, -0.1) is 0 Å². The van der Waals surface area contributed by atoms with E-state index in [0.29, 0.717) is 27.3 Å². The number of aromatic nitrogens is 4. The second kappa shape index (κ2) is 10.7. The van der Waals surface area contributed by atoms with E-state index in [4.69, 9.17) is 28.9 Å². The second-order valence-electron chi connectivity index (χ2n) is 8.87. The van der Waals surface area contributed by atoms with Crippen LogP contribution in [0.15, 0.2) is 30.7 Å². The summed E-state index contributed by atoms with van der Waals surface area (Å²) in [6, 6.07) is 3.11. The SMILES string of the molecule is CC=CN1CCC[C@@H](n2nc(C(=O)Nc3cc(Cl)c(CC(=O)N(C)C)cc3Cl)c3c(N)ncnc32)C1. The Bertz CT molecular complexity index is 1340. The first kappa shape index (κ1) is 25.7. The molecule has 1 aromatic carbocycles. The minimum Gasteiger partial charge on any atom is -0.383 e. The van der Waals surface area contributed by atoms with E-state index < -0.39 is 5.91 Å². The number of nitrogens with zero attached hydrogens (tertiary/aromatic N) is 6. The van der Waals surface area contributed by atoms with Crippen molar-refractivity contribution in [3.63, 3.8) is 0 Å². The first-order valence-corrected chi connectivity index (χ1v) is 12.3.